The summed E-state index contributed by atoms with van der Waals surface area (Å²) in [4.78, 5) is 10.1. The lowest BCUT2D eigenvalue weighted by Crippen LogP contribution is -2.06. The molecule has 1 fully saturated rings. The third-order valence-electron chi connectivity index (χ3n) is 0.483. The highest BCUT2D eigenvalue weighted by Crippen LogP contribution is 2.58. The molecule has 58 valence electrons. The minimum atomic E-state index is -0.725. The van der Waals surface area contributed by atoms with Crippen LogP contribution in [-0.2, 0) is 4.79 Å². The third-order valence-corrected chi connectivity index (χ3v) is 7.96. The monoisotopic (exact) mass is 214 g/mol. The number of rotatable bonds is 1. The largest absolute Gasteiger partial charge is 0.480 e. The van der Waals surface area contributed by atoms with Crippen molar-refractivity contribution in [2.45, 2.75) is 4.58 Å². The van der Waals surface area contributed by atoms with E-state index < -0.39 is 5.97 Å². The Kier molecular flexibility index (Phi) is 6.71. The Labute approximate surface area is 74.8 Å². The van der Waals surface area contributed by atoms with Gasteiger partial charge in [0.15, 0.2) is 4.58 Å². The van der Waals surface area contributed by atoms with Crippen LogP contribution in [0.5, 0.6) is 0 Å². The lowest BCUT2D eigenvalue weighted by atomic mass is 10.8. The van der Waals surface area contributed by atoms with Crippen LogP contribution in [0, 0.1) is 0 Å². The van der Waals surface area contributed by atoms with Crippen molar-refractivity contribution in [2.24, 2.45) is 0 Å². The molecule has 2 nitrogen and oxygen atoms in total. The van der Waals surface area contributed by atoms with Gasteiger partial charge in [0.2, 0.25) is 0 Å². The summed E-state index contributed by atoms with van der Waals surface area (Å²) in [5.41, 5.74) is 0. The number of carboxylic acid groups (broad SMARTS) is 1. The number of carbonyl (C=O) groups is 1. The molecule has 1 N–H and O–H groups in total. The molecule has 0 aromatic carbocycles. The summed E-state index contributed by atoms with van der Waals surface area (Å²) >= 11 is 0. The summed E-state index contributed by atoms with van der Waals surface area (Å²) in [6.07, 6.45) is 0. The summed E-state index contributed by atoms with van der Waals surface area (Å²) in [5, 5.41) is 8.34. The Morgan fingerprint density at radius 1 is 1.30 bits per heavy atom. The predicted molar refractivity (Wildman–Crippen MR) is 53.0 cm³/mol. The third kappa shape index (κ3) is 3.70. The van der Waals surface area contributed by atoms with Crippen molar-refractivity contribution in [2.75, 3.05) is 0 Å². The van der Waals surface area contributed by atoms with Crippen LogP contribution in [0.3, 0.4) is 0 Å². The predicted octanol–water partition coefficient (Wildman–Crippen LogP) is 2.89. The van der Waals surface area contributed by atoms with Gasteiger partial charge in [-0.3, -0.25) is 4.79 Å². The van der Waals surface area contributed by atoms with Gasteiger partial charge in [-0.25, -0.2) is 0 Å². The molecule has 0 bridgehead atoms. The van der Waals surface area contributed by atoms with E-state index in [1.807, 2.05) is 0 Å². The van der Waals surface area contributed by atoms with Gasteiger partial charge >= 0.3 is 5.97 Å². The molecule has 1 aliphatic heterocycles. The van der Waals surface area contributed by atoms with Gasteiger partial charge in [-0.05, 0) is 19.7 Å². The van der Waals surface area contributed by atoms with Crippen LogP contribution in [0.1, 0.15) is 0 Å². The van der Waals surface area contributed by atoms with Gasteiger partial charge in [-0.2, -0.15) is 0 Å². The second kappa shape index (κ2) is 6.33. The summed E-state index contributed by atoms with van der Waals surface area (Å²) in [7, 11) is 5.84. The van der Waals surface area contributed by atoms with E-state index >= 15 is 0 Å². The molecule has 6 heteroatoms. The summed E-state index contributed by atoms with van der Waals surface area (Å²) in [6.45, 7) is 6.00. The van der Waals surface area contributed by atoms with Crippen LogP contribution >= 0.6 is 41.2 Å². The minimum absolute atomic E-state index is 0.259. The molecule has 0 radical (unpaired) electrons. The molecule has 1 rings (SSSR count). The highest BCUT2D eigenvalue weighted by Gasteiger charge is 2.25. The molecule has 0 amide bonds. The van der Waals surface area contributed by atoms with Crippen molar-refractivity contribution in [3.8, 4) is 0 Å². The van der Waals surface area contributed by atoms with E-state index in [2.05, 4.69) is 13.2 Å². The zero-order valence-corrected chi connectivity index (χ0v) is 8.25. The molecule has 10 heavy (non-hydrogen) atoms. The molecule has 0 unspecified atom stereocenters. The zero-order valence-electron chi connectivity index (χ0n) is 4.98. The van der Waals surface area contributed by atoms with Gasteiger partial charge in [0.25, 0.3) is 0 Å². The standard InChI is InChI=1S/C2H2O2S4.C2H4/c3-1(4)2-5-7-8-6-2;1-2/h2H,(H,3,4);1-2H2. The number of carboxylic acids is 1. The first-order valence-electron chi connectivity index (χ1n) is 2.19. The summed E-state index contributed by atoms with van der Waals surface area (Å²) < 4.78 is -0.259. The Morgan fingerprint density at radius 2 is 1.70 bits per heavy atom. The molecule has 0 atom stereocenters. The number of hydrogen-bond donors (Lipinski definition) is 1. The first-order valence-corrected chi connectivity index (χ1v) is 7.13. The van der Waals surface area contributed by atoms with Crippen LogP contribution in [0.25, 0.3) is 0 Å². The number of hydrogen-bond acceptors (Lipinski definition) is 5. The lowest BCUT2D eigenvalue weighted by molar-refractivity contribution is -0.134. The van der Waals surface area contributed by atoms with Crippen LogP contribution < -0.4 is 0 Å². The van der Waals surface area contributed by atoms with Crippen molar-refractivity contribution in [1.29, 1.82) is 0 Å². The smallest absolute Gasteiger partial charge is 0.328 e. The van der Waals surface area contributed by atoms with E-state index in [-0.39, 0.29) is 4.58 Å². The van der Waals surface area contributed by atoms with Crippen molar-refractivity contribution in [3.05, 3.63) is 13.2 Å². The van der Waals surface area contributed by atoms with Gasteiger partial charge < -0.3 is 5.11 Å². The molecule has 1 aliphatic rings. The quantitative estimate of drug-likeness (QED) is 0.534. The SMILES string of the molecule is C=C.O=C(O)C1SSSS1. The number of aliphatic carboxylic acids is 1. The fourth-order valence-electron chi connectivity index (χ4n) is 0.202. The molecule has 0 spiro atoms. The van der Waals surface area contributed by atoms with Gasteiger partial charge in [0.05, 0.1) is 0 Å². The highest BCUT2D eigenvalue weighted by atomic mass is 33.7. The molecule has 0 aromatic heterocycles. The van der Waals surface area contributed by atoms with Crippen molar-refractivity contribution in [1.82, 2.24) is 0 Å². The normalized spacial score (nSPS) is 17.6. The van der Waals surface area contributed by atoms with E-state index in [1.165, 1.54) is 41.2 Å². The van der Waals surface area contributed by atoms with E-state index in [1.54, 1.807) is 0 Å². The summed E-state index contributed by atoms with van der Waals surface area (Å²) in [6, 6.07) is 0. The van der Waals surface area contributed by atoms with Crippen LogP contribution in [0.4, 0.5) is 0 Å². The summed E-state index contributed by atoms with van der Waals surface area (Å²) in [5.74, 6) is -0.725. The van der Waals surface area contributed by atoms with Crippen LogP contribution in [0.15, 0.2) is 13.2 Å². The van der Waals surface area contributed by atoms with Crippen molar-refractivity contribution >= 4 is 47.2 Å². The molecule has 0 aliphatic carbocycles. The fraction of sp³-hybridized carbons (Fsp3) is 0.250. The maximum Gasteiger partial charge on any atom is 0.328 e. The minimum Gasteiger partial charge on any atom is -0.480 e. The molecule has 1 heterocycles. The van der Waals surface area contributed by atoms with Gasteiger partial charge in [-0.15, -0.1) is 13.2 Å². The van der Waals surface area contributed by atoms with Gasteiger partial charge in [0.1, 0.15) is 0 Å². The maximum absolute atomic E-state index is 10.1. The second-order valence-electron chi connectivity index (χ2n) is 0.999. The van der Waals surface area contributed by atoms with E-state index in [0.717, 1.165) is 0 Å². The highest BCUT2D eigenvalue weighted by molar-refractivity contribution is 9.31. The van der Waals surface area contributed by atoms with Crippen molar-refractivity contribution in [3.63, 3.8) is 0 Å². The topological polar surface area (TPSA) is 37.3 Å². The molecule has 0 saturated carbocycles. The second-order valence-corrected chi connectivity index (χ2v) is 7.32. The maximum atomic E-state index is 10.1. The Balaban J connectivity index is 0.000000371. The Bertz CT molecular complexity index is 112. The fourth-order valence-corrected chi connectivity index (χ4v) is 8.30. The van der Waals surface area contributed by atoms with Gasteiger partial charge in [-0.1, -0.05) is 21.6 Å². The average Bonchev–Trinajstić information content (AvgIpc) is 2.42. The van der Waals surface area contributed by atoms with Crippen molar-refractivity contribution < 1.29 is 9.90 Å². The van der Waals surface area contributed by atoms with E-state index in [4.69, 9.17) is 5.11 Å². The van der Waals surface area contributed by atoms with Crippen LogP contribution in [-0.4, -0.2) is 15.7 Å². The Hall–Kier alpha value is 0.610. The van der Waals surface area contributed by atoms with E-state index in [0.29, 0.717) is 0 Å². The van der Waals surface area contributed by atoms with Crippen LogP contribution in [0.2, 0.25) is 0 Å². The lowest BCUT2D eigenvalue weighted by Gasteiger charge is -1.93. The molecule has 0 aromatic rings. The van der Waals surface area contributed by atoms with Gasteiger partial charge in [0, 0.05) is 0 Å². The molecular formula is C4H6O2S4. The first kappa shape index (κ1) is 10.6. The van der Waals surface area contributed by atoms with E-state index in [9.17, 15) is 4.79 Å². The molecular weight excluding hydrogens is 208 g/mol. The zero-order chi connectivity index (χ0) is 7.98. The molecule has 1 saturated heterocycles. The Morgan fingerprint density at radius 3 is 1.90 bits per heavy atom. The average molecular weight is 214 g/mol. The first-order chi connectivity index (χ1) is 4.80.